The Bertz CT molecular complexity index is 866. The first-order chi connectivity index (χ1) is 14.7. The number of carbonyl (C=O) groups excluding carboxylic acids is 1. The first-order valence-electron chi connectivity index (χ1n) is 9.65. The van der Waals surface area contributed by atoms with E-state index in [0.29, 0.717) is 10.8 Å². The van der Waals surface area contributed by atoms with Crippen LogP contribution >= 0.6 is 11.6 Å². The molecule has 0 radical (unpaired) electrons. The highest BCUT2D eigenvalue weighted by molar-refractivity contribution is 6.30. The van der Waals surface area contributed by atoms with Gasteiger partial charge in [0, 0.05) is 37.7 Å². The maximum absolute atomic E-state index is 12.3. The summed E-state index contributed by atoms with van der Waals surface area (Å²) in [4.78, 5) is 34.8. The number of hydrogen-bond donors (Lipinski definition) is 2. The number of carboxylic acid groups (broad SMARTS) is 2. The molecule has 0 aromatic heterocycles. The van der Waals surface area contributed by atoms with Gasteiger partial charge in [0.05, 0.1) is 0 Å². The molecule has 31 heavy (non-hydrogen) atoms. The third kappa shape index (κ3) is 8.65. The largest absolute Gasteiger partial charge is 0.484 e. The zero-order valence-electron chi connectivity index (χ0n) is 17.2. The molecule has 1 saturated heterocycles. The average molecular weight is 449 g/mol. The smallest absolute Gasteiger partial charge is 0.414 e. The summed E-state index contributed by atoms with van der Waals surface area (Å²) in [5, 5.41) is 15.4. The van der Waals surface area contributed by atoms with Crippen LogP contribution in [-0.4, -0.2) is 70.6 Å². The molecule has 1 fully saturated rings. The van der Waals surface area contributed by atoms with E-state index in [1.165, 1.54) is 11.1 Å². The van der Waals surface area contributed by atoms with Crippen LogP contribution in [0.4, 0.5) is 0 Å². The summed E-state index contributed by atoms with van der Waals surface area (Å²) < 4.78 is 5.55. The molecule has 166 valence electrons. The lowest BCUT2D eigenvalue weighted by molar-refractivity contribution is -0.159. The van der Waals surface area contributed by atoms with Crippen molar-refractivity contribution in [1.82, 2.24) is 9.80 Å². The summed E-state index contributed by atoms with van der Waals surface area (Å²) in [7, 11) is 0. The summed E-state index contributed by atoms with van der Waals surface area (Å²) >= 11 is 5.84. The fourth-order valence-corrected chi connectivity index (χ4v) is 3.00. The Morgan fingerprint density at radius 2 is 1.45 bits per heavy atom. The standard InChI is InChI=1S/C20H23ClN2O2.C2H2O4/c1-16-2-4-17(5-3-16)14-22-10-12-23(13-11-22)20(24)15-25-19-8-6-18(21)7-9-19;3-1(4)2(5)6/h2-9H,10-15H2,1H3;(H,3,4)(H,5,6). The first-order valence-corrected chi connectivity index (χ1v) is 10.0. The van der Waals surface area contributed by atoms with E-state index in [4.69, 9.17) is 36.1 Å². The quantitative estimate of drug-likeness (QED) is 0.676. The Kier molecular flexibility index (Phi) is 9.30. The molecule has 2 aromatic carbocycles. The van der Waals surface area contributed by atoms with E-state index in [-0.39, 0.29) is 12.5 Å². The van der Waals surface area contributed by atoms with Crippen molar-refractivity contribution in [2.24, 2.45) is 0 Å². The van der Waals surface area contributed by atoms with Gasteiger partial charge in [0.2, 0.25) is 0 Å². The van der Waals surface area contributed by atoms with E-state index in [1.54, 1.807) is 24.3 Å². The van der Waals surface area contributed by atoms with E-state index in [1.807, 2.05) is 4.90 Å². The van der Waals surface area contributed by atoms with E-state index < -0.39 is 11.9 Å². The van der Waals surface area contributed by atoms with E-state index in [2.05, 4.69) is 36.1 Å². The molecular formula is C22H25ClN2O6. The molecule has 3 rings (SSSR count). The van der Waals surface area contributed by atoms with Crippen molar-refractivity contribution in [3.63, 3.8) is 0 Å². The van der Waals surface area contributed by atoms with Crippen LogP contribution in [0.2, 0.25) is 5.02 Å². The summed E-state index contributed by atoms with van der Waals surface area (Å²) in [6.45, 7) is 6.37. The van der Waals surface area contributed by atoms with Gasteiger partial charge in [0.25, 0.3) is 5.91 Å². The van der Waals surface area contributed by atoms with Gasteiger partial charge in [-0.1, -0.05) is 41.4 Å². The Labute approximate surface area is 185 Å². The molecule has 1 aliphatic rings. The number of aryl methyl sites for hydroxylation is 1. The molecule has 1 amide bonds. The van der Waals surface area contributed by atoms with Gasteiger partial charge in [-0.3, -0.25) is 9.69 Å². The minimum absolute atomic E-state index is 0.0323. The fourth-order valence-electron chi connectivity index (χ4n) is 2.87. The zero-order valence-corrected chi connectivity index (χ0v) is 17.9. The molecule has 0 unspecified atom stereocenters. The maximum Gasteiger partial charge on any atom is 0.414 e. The average Bonchev–Trinajstić information content (AvgIpc) is 2.75. The van der Waals surface area contributed by atoms with Crippen molar-refractivity contribution in [2.45, 2.75) is 13.5 Å². The number of carbonyl (C=O) groups is 3. The molecule has 0 spiro atoms. The van der Waals surface area contributed by atoms with Gasteiger partial charge in [0.15, 0.2) is 6.61 Å². The first kappa shape index (κ1) is 24.2. The van der Waals surface area contributed by atoms with Crippen LogP contribution in [0.1, 0.15) is 11.1 Å². The van der Waals surface area contributed by atoms with Crippen LogP contribution in [0.5, 0.6) is 5.75 Å². The number of benzene rings is 2. The van der Waals surface area contributed by atoms with Crippen molar-refractivity contribution >= 4 is 29.4 Å². The van der Waals surface area contributed by atoms with Gasteiger partial charge in [0.1, 0.15) is 5.75 Å². The molecule has 1 heterocycles. The van der Waals surface area contributed by atoms with Crippen molar-refractivity contribution in [3.8, 4) is 5.75 Å². The number of piperazine rings is 1. The third-order valence-electron chi connectivity index (χ3n) is 4.61. The van der Waals surface area contributed by atoms with Crippen LogP contribution < -0.4 is 4.74 Å². The lowest BCUT2D eigenvalue weighted by Gasteiger charge is -2.34. The lowest BCUT2D eigenvalue weighted by Crippen LogP contribution is -2.49. The zero-order chi connectivity index (χ0) is 22.8. The highest BCUT2D eigenvalue weighted by Gasteiger charge is 2.21. The van der Waals surface area contributed by atoms with Crippen LogP contribution in [-0.2, 0) is 20.9 Å². The van der Waals surface area contributed by atoms with E-state index >= 15 is 0 Å². The van der Waals surface area contributed by atoms with Crippen LogP contribution in [0, 0.1) is 6.92 Å². The highest BCUT2D eigenvalue weighted by atomic mass is 35.5. The lowest BCUT2D eigenvalue weighted by atomic mass is 10.1. The van der Waals surface area contributed by atoms with E-state index in [0.717, 1.165) is 32.7 Å². The summed E-state index contributed by atoms with van der Waals surface area (Å²) in [5.41, 5.74) is 2.59. The Hall–Kier alpha value is -3.10. The van der Waals surface area contributed by atoms with E-state index in [9.17, 15) is 4.79 Å². The maximum atomic E-state index is 12.3. The molecular weight excluding hydrogens is 424 g/mol. The predicted octanol–water partition coefficient (Wildman–Crippen LogP) is 2.53. The number of rotatable bonds is 5. The van der Waals surface area contributed by atoms with Gasteiger partial charge >= 0.3 is 11.9 Å². The highest BCUT2D eigenvalue weighted by Crippen LogP contribution is 2.16. The molecule has 0 atom stereocenters. The molecule has 0 saturated carbocycles. The normalized spacial score (nSPS) is 13.7. The Morgan fingerprint density at radius 1 is 0.903 bits per heavy atom. The molecule has 8 nitrogen and oxygen atoms in total. The number of carboxylic acids is 2. The van der Waals surface area contributed by atoms with Crippen LogP contribution in [0.25, 0.3) is 0 Å². The number of aliphatic carboxylic acids is 2. The van der Waals surface area contributed by atoms with Crippen LogP contribution in [0.3, 0.4) is 0 Å². The number of halogens is 1. The Balaban J connectivity index is 0.000000501. The summed E-state index contributed by atoms with van der Waals surface area (Å²) in [6.07, 6.45) is 0. The topological polar surface area (TPSA) is 107 Å². The van der Waals surface area contributed by atoms with Crippen molar-refractivity contribution in [1.29, 1.82) is 0 Å². The van der Waals surface area contributed by atoms with Crippen molar-refractivity contribution in [2.75, 3.05) is 32.8 Å². The van der Waals surface area contributed by atoms with Gasteiger partial charge in [-0.05, 0) is 36.8 Å². The summed E-state index contributed by atoms with van der Waals surface area (Å²) in [6, 6.07) is 15.7. The minimum atomic E-state index is -1.82. The molecule has 2 N–H and O–H groups in total. The molecule has 0 aliphatic carbocycles. The second-order valence-electron chi connectivity index (χ2n) is 7.00. The molecule has 2 aromatic rings. The second-order valence-corrected chi connectivity index (χ2v) is 7.43. The SMILES string of the molecule is Cc1ccc(CN2CCN(C(=O)COc3ccc(Cl)cc3)CC2)cc1.O=C(O)C(=O)O. The number of ether oxygens (including phenoxy) is 1. The molecule has 9 heteroatoms. The number of nitrogens with zero attached hydrogens (tertiary/aromatic N) is 2. The van der Waals surface area contributed by atoms with Crippen LogP contribution in [0.15, 0.2) is 48.5 Å². The number of hydrogen-bond acceptors (Lipinski definition) is 5. The van der Waals surface area contributed by atoms with Gasteiger partial charge in [-0.15, -0.1) is 0 Å². The second kappa shape index (κ2) is 11.9. The molecule has 1 aliphatic heterocycles. The third-order valence-corrected chi connectivity index (χ3v) is 4.86. The molecule has 0 bridgehead atoms. The van der Waals surface area contributed by atoms with Crippen molar-refractivity contribution < 1.29 is 29.3 Å². The summed E-state index contributed by atoms with van der Waals surface area (Å²) in [5.74, 6) is -2.95. The number of amides is 1. The van der Waals surface area contributed by atoms with Gasteiger partial charge in [-0.25, -0.2) is 9.59 Å². The Morgan fingerprint density at radius 3 is 1.97 bits per heavy atom. The monoisotopic (exact) mass is 448 g/mol. The van der Waals surface area contributed by atoms with Gasteiger partial charge in [-0.2, -0.15) is 0 Å². The minimum Gasteiger partial charge on any atom is -0.484 e. The van der Waals surface area contributed by atoms with Gasteiger partial charge < -0.3 is 19.8 Å². The predicted molar refractivity (Wildman–Crippen MR) is 115 cm³/mol. The fraction of sp³-hybridized carbons (Fsp3) is 0.318. The van der Waals surface area contributed by atoms with Crippen molar-refractivity contribution in [3.05, 3.63) is 64.7 Å².